The molecule has 0 aliphatic carbocycles. The van der Waals surface area contributed by atoms with Crippen LogP contribution in [0.1, 0.15) is 11.1 Å². The van der Waals surface area contributed by atoms with E-state index >= 15 is 0 Å². The molecule has 88 valence electrons. The molecule has 0 amide bonds. The van der Waals surface area contributed by atoms with Crippen molar-refractivity contribution in [3.8, 4) is 6.07 Å². The number of nitrogens with zero attached hydrogens (tertiary/aromatic N) is 1. The fraction of sp³-hybridized carbons (Fsp3) is 0. The van der Waals surface area contributed by atoms with E-state index in [1.807, 2.05) is 18.2 Å². The maximum Gasteiger partial charge on any atom is 0.123 e. The zero-order valence-electron chi connectivity index (χ0n) is 9.60. The molecule has 0 aromatic heterocycles. The molecule has 0 atom stereocenters. The first-order valence-corrected chi connectivity index (χ1v) is 5.43. The number of nitriles is 1. The van der Waals surface area contributed by atoms with E-state index < -0.39 is 0 Å². The maximum absolute atomic E-state index is 13.1. The molecule has 0 fully saturated rings. The van der Waals surface area contributed by atoms with Crippen molar-refractivity contribution in [2.75, 3.05) is 0 Å². The standard InChI is InChI=1S/C15H11FN2/c16-13-8-4-7-12(9-13)15(18)14(10-17)11-5-2-1-3-6-11/h1-9H,18H2/b15-14-. The number of rotatable bonds is 2. The van der Waals surface area contributed by atoms with Crippen LogP contribution in [0.15, 0.2) is 54.6 Å². The van der Waals surface area contributed by atoms with Crippen LogP contribution in [0.2, 0.25) is 0 Å². The third kappa shape index (κ3) is 2.38. The Balaban J connectivity index is 2.55. The summed E-state index contributed by atoms with van der Waals surface area (Å²) < 4.78 is 13.1. The Bertz CT molecular complexity index is 624. The summed E-state index contributed by atoms with van der Waals surface area (Å²) in [5, 5.41) is 9.20. The van der Waals surface area contributed by atoms with Gasteiger partial charge in [-0.2, -0.15) is 5.26 Å². The molecular weight excluding hydrogens is 227 g/mol. The molecule has 0 saturated carbocycles. The van der Waals surface area contributed by atoms with Crippen LogP contribution in [0.4, 0.5) is 4.39 Å². The average molecular weight is 238 g/mol. The Hall–Kier alpha value is -2.60. The van der Waals surface area contributed by atoms with Crippen molar-refractivity contribution in [3.05, 3.63) is 71.5 Å². The molecule has 2 aromatic carbocycles. The van der Waals surface area contributed by atoms with E-state index in [-0.39, 0.29) is 11.5 Å². The summed E-state index contributed by atoms with van der Waals surface area (Å²) in [4.78, 5) is 0. The van der Waals surface area contributed by atoms with Gasteiger partial charge >= 0.3 is 0 Å². The van der Waals surface area contributed by atoms with E-state index in [9.17, 15) is 9.65 Å². The molecule has 2 nitrogen and oxygen atoms in total. The van der Waals surface area contributed by atoms with Gasteiger partial charge in [-0.1, -0.05) is 42.5 Å². The van der Waals surface area contributed by atoms with E-state index in [1.165, 1.54) is 12.1 Å². The van der Waals surface area contributed by atoms with Crippen molar-refractivity contribution in [1.82, 2.24) is 0 Å². The molecule has 0 aliphatic rings. The van der Waals surface area contributed by atoms with Gasteiger partial charge in [0.05, 0.1) is 11.3 Å². The third-order valence-corrected chi connectivity index (χ3v) is 2.58. The van der Waals surface area contributed by atoms with Crippen molar-refractivity contribution < 1.29 is 4.39 Å². The van der Waals surface area contributed by atoms with Gasteiger partial charge in [-0.05, 0) is 17.7 Å². The first-order chi connectivity index (χ1) is 8.72. The van der Waals surface area contributed by atoms with Gasteiger partial charge in [0.15, 0.2) is 0 Å². The van der Waals surface area contributed by atoms with E-state index in [0.717, 1.165) is 5.56 Å². The lowest BCUT2D eigenvalue weighted by Gasteiger charge is -2.06. The third-order valence-electron chi connectivity index (χ3n) is 2.58. The van der Waals surface area contributed by atoms with Crippen LogP contribution in [0.3, 0.4) is 0 Å². The zero-order valence-corrected chi connectivity index (χ0v) is 9.60. The fourth-order valence-electron chi connectivity index (χ4n) is 1.69. The molecule has 3 heteroatoms. The van der Waals surface area contributed by atoms with Crippen molar-refractivity contribution in [2.24, 2.45) is 5.73 Å². The van der Waals surface area contributed by atoms with Crippen LogP contribution >= 0.6 is 0 Å². The molecule has 2 rings (SSSR count). The van der Waals surface area contributed by atoms with Crippen LogP contribution in [0.5, 0.6) is 0 Å². The number of hydrogen-bond acceptors (Lipinski definition) is 2. The second-order valence-electron chi connectivity index (χ2n) is 3.78. The van der Waals surface area contributed by atoms with Gasteiger partial charge in [0.1, 0.15) is 11.9 Å². The molecule has 0 bridgehead atoms. The lowest BCUT2D eigenvalue weighted by molar-refractivity contribution is 0.627. The van der Waals surface area contributed by atoms with Gasteiger partial charge in [-0.3, -0.25) is 0 Å². The van der Waals surface area contributed by atoms with Gasteiger partial charge in [-0.15, -0.1) is 0 Å². The zero-order chi connectivity index (χ0) is 13.0. The van der Waals surface area contributed by atoms with Gasteiger partial charge in [0, 0.05) is 5.56 Å². The number of allylic oxidation sites excluding steroid dienone is 1. The number of hydrogen-bond donors (Lipinski definition) is 1. The maximum atomic E-state index is 13.1. The Morgan fingerprint density at radius 1 is 1.00 bits per heavy atom. The highest BCUT2D eigenvalue weighted by Gasteiger charge is 2.08. The highest BCUT2D eigenvalue weighted by molar-refractivity contribution is 5.95. The minimum absolute atomic E-state index is 0.281. The molecule has 0 unspecified atom stereocenters. The molecule has 0 radical (unpaired) electrons. The highest BCUT2D eigenvalue weighted by atomic mass is 19.1. The first-order valence-electron chi connectivity index (χ1n) is 5.43. The summed E-state index contributed by atoms with van der Waals surface area (Å²) in [5.41, 5.74) is 7.80. The number of nitrogens with two attached hydrogens (primary N) is 1. The van der Waals surface area contributed by atoms with E-state index in [0.29, 0.717) is 11.1 Å². The SMILES string of the molecule is N#C/C(=C(/N)c1cccc(F)c1)c1ccccc1. The summed E-state index contributed by atoms with van der Waals surface area (Å²) in [5.74, 6) is -0.374. The Morgan fingerprint density at radius 3 is 2.28 bits per heavy atom. The molecule has 0 spiro atoms. The average Bonchev–Trinajstić information content (AvgIpc) is 2.41. The summed E-state index contributed by atoms with van der Waals surface area (Å²) >= 11 is 0. The van der Waals surface area contributed by atoms with Crippen molar-refractivity contribution in [3.63, 3.8) is 0 Å². The normalized spacial score (nSPS) is 11.6. The minimum Gasteiger partial charge on any atom is -0.397 e. The lowest BCUT2D eigenvalue weighted by atomic mass is 10.0. The van der Waals surface area contributed by atoms with Gasteiger partial charge in [0.25, 0.3) is 0 Å². The summed E-state index contributed by atoms with van der Waals surface area (Å²) in [6.07, 6.45) is 0. The summed E-state index contributed by atoms with van der Waals surface area (Å²) in [7, 11) is 0. The van der Waals surface area contributed by atoms with Crippen molar-refractivity contribution in [1.29, 1.82) is 5.26 Å². The largest absolute Gasteiger partial charge is 0.397 e. The second-order valence-corrected chi connectivity index (χ2v) is 3.78. The van der Waals surface area contributed by atoms with Crippen LogP contribution in [-0.4, -0.2) is 0 Å². The molecule has 0 aliphatic heterocycles. The minimum atomic E-state index is -0.374. The Labute approximate surface area is 105 Å². The molecule has 0 saturated heterocycles. The van der Waals surface area contributed by atoms with Crippen molar-refractivity contribution >= 4 is 11.3 Å². The summed E-state index contributed by atoms with van der Waals surface area (Å²) in [6.45, 7) is 0. The smallest absolute Gasteiger partial charge is 0.123 e. The van der Waals surface area contributed by atoms with E-state index in [1.54, 1.807) is 24.3 Å². The van der Waals surface area contributed by atoms with Gasteiger partial charge in [0.2, 0.25) is 0 Å². The first kappa shape index (κ1) is 11.9. The molecule has 0 heterocycles. The van der Waals surface area contributed by atoms with Crippen LogP contribution < -0.4 is 5.73 Å². The van der Waals surface area contributed by atoms with Crippen molar-refractivity contribution in [2.45, 2.75) is 0 Å². The summed E-state index contributed by atoms with van der Waals surface area (Å²) in [6, 6.07) is 17.1. The predicted molar refractivity (Wildman–Crippen MR) is 69.5 cm³/mol. The van der Waals surface area contributed by atoms with Gasteiger partial charge in [-0.25, -0.2) is 4.39 Å². The predicted octanol–water partition coefficient (Wildman–Crippen LogP) is 3.18. The number of benzene rings is 2. The monoisotopic (exact) mass is 238 g/mol. The van der Waals surface area contributed by atoms with Gasteiger partial charge < -0.3 is 5.73 Å². The Kier molecular flexibility index (Phi) is 3.40. The van der Waals surface area contributed by atoms with E-state index in [4.69, 9.17) is 5.73 Å². The van der Waals surface area contributed by atoms with Crippen LogP contribution in [0.25, 0.3) is 11.3 Å². The Morgan fingerprint density at radius 2 is 1.67 bits per heavy atom. The highest BCUT2D eigenvalue weighted by Crippen LogP contribution is 2.22. The quantitative estimate of drug-likeness (QED) is 0.645. The van der Waals surface area contributed by atoms with E-state index in [2.05, 4.69) is 6.07 Å². The molecule has 2 aromatic rings. The second kappa shape index (κ2) is 5.15. The van der Waals surface area contributed by atoms with Crippen LogP contribution in [0, 0.1) is 17.1 Å². The molecule has 18 heavy (non-hydrogen) atoms. The molecule has 2 N–H and O–H groups in total. The number of halogens is 1. The fourth-order valence-corrected chi connectivity index (χ4v) is 1.69. The van der Waals surface area contributed by atoms with Crippen LogP contribution in [-0.2, 0) is 0 Å². The topological polar surface area (TPSA) is 49.8 Å². The molecular formula is C15H11FN2. The lowest BCUT2D eigenvalue weighted by Crippen LogP contribution is -2.01.